The van der Waals surface area contributed by atoms with Crippen LogP contribution in [0.25, 0.3) is 17.1 Å². The van der Waals surface area contributed by atoms with Crippen LogP contribution in [0, 0.1) is 11.6 Å². The number of nitrogens with zero attached hydrogens (tertiary/aromatic N) is 4. The quantitative estimate of drug-likeness (QED) is 0.516. The lowest BCUT2D eigenvalue weighted by Crippen LogP contribution is -2.35. The molecule has 4 rings (SSSR count). The molecule has 1 aliphatic rings. The fourth-order valence-corrected chi connectivity index (χ4v) is 4.58. The molecule has 0 radical (unpaired) electrons. The second-order valence-electron chi connectivity index (χ2n) is 7.54. The molecule has 1 fully saturated rings. The molecule has 1 aliphatic heterocycles. The minimum Gasteiger partial charge on any atom is -0.342 e. The van der Waals surface area contributed by atoms with E-state index in [2.05, 4.69) is 10.2 Å². The molecule has 162 valence electrons. The van der Waals surface area contributed by atoms with E-state index in [4.69, 9.17) is 0 Å². The third-order valence-electron chi connectivity index (χ3n) is 5.35. The molecule has 2 heterocycles. The van der Waals surface area contributed by atoms with Crippen LogP contribution in [-0.2, 0) is 4.79 Å². The average Bonchev–Trinajstić information content (AvgIpc) is 3.16. The van der Waals surface area contributed by atoms with E-state index < -0.39 is 11.6 Å². The Morgan fingerprint density at radius 1 is 0.935 bits per heavy atom. The normalized spacial score (nSPS) is 14.8. The summed E-state index contributed by atoms with van der Waals surface area (Å²) >= 11 is 1.22. The van der Waals surface area contributed by atoms with Crippen LogP contribution >= 0.6 is 11.8 Å². The lowest BCUT2D eigenvalue weighted by atomic mass is 10.1. The molecule has 2 aromatic carbocycles. The molecule has 3 aromatic rings. The van der Waals surface area contributed by atoms with Gasteiger partial charge in [0, 0.05) is 24.7 Å². The van der Waals surface area contributed by atoms with Gasteiger partial charge >= 0.3 is 0 Å². The van der Waals surface area contributed by atoms with Crippen LogP contribution in [0.2, 0.25) is 0 Å². The van der Waals surface area contributed by atoms with Gasteiger partial charge in [0.1, 0.15) is 11.6 Å². The molecule has 1 amide bonds. The van der Waals surface area contributed by atoms with E-state index in [1.807, 2.05) is 35.2 Å². The highest BCUT2D eigenvalue weighted by atomic mass is 32.2. The fraction of sp³-hybridized carbons (Fsp3) is 0.348. The number of aromatic nitrogens is 3. The number of hydrogen-bond donors (Lipinski definition) is 0. The third kappa shape index (κ3) is 5.12. The van der Waals surface area contributed by atoms with Crippen molar-refractivity contribution in [3.05, 3.63) is 60.2 Å². The third-order valence-corrected chi connectivity index (χ3v) is 6.26. The minimum atomic E-state index is -0.714. The highest BCUT2D eigenvalue weighted by Crippen LogP contribution is 2.29. The predicted octanol–water partition coefficient (Wildman–Crippen LogP) is 5.10. The van der Waals surface area contributed by atoms with E-state index in [0.29, 0.717) is 11.0 Å². The Labute approximate surface area is 184 Å². The molecule has 0 aliphatic carbocycles. The smallest absolute Gasteiger partial charge is 0.233 e. The lowest BCUT2D eigenvalue weighted by Gasteiger charge is -2.24. The number of carbonyl (C=O) groups is 1. The van der Waals surface area contributed by atoms with Gasteiger partial charge in [-0.2, -0.15) is 0 Å². The summed E-state index contributed by atoms with van der Waals surface area (Å²) in [5.41, 5.74) is 0.895. The lowest BCUT2D eigenvalue weighted by molar-refractivity contribution is -0.128. The van der Waals surface area contributed by atoms with Gasteiger partial charge in [-0.05, 0) is 25.0 Å². The molecule has 1 aromatic heterocycles. The Hall–Kier alpha value is -2.74. The first-order chi connectivity index (χ1) is 15.1. The molecular weight excluding hydrogens is 418 g/mol. The molecule has 0 bridgehead atoms. The maximum absolute atomic E-state index is 14.7. The summed E-state index contributed by atoms with van der Waals surface area (Å²) in [6.07, 6.45) is 5.56. The zero-order chi connectivity index (χ0) is 21.6. The number of benzene rings is 2. The van der Waals surface area contributed by atoms with E-state index in [1.54, 1.807) is 4.57 Å². The Kier molecular flexibility index (Phi) is 6.96. The summed E-state index contributed by atoms with van der Waals surface area (Å²) in [4.78, 5) is 14.7. The number of carbonyl (C=O) groups excluding carboxylic acids is 1. The van der Waals surface area contributed by atoms with Crippen molar-refractivity contribution in [2.75, 3.05) is 18.8 Å². The van der Waals surface area contributed by atoms with Gasteiger partial charge in [0.2, 0.25) is 5.91 Å². The first-order valence-corrected chi connectivity index (χ1v) is 11.5. The van der Waals surface area contributed by atoms with Crippen molar-refractivity contribution in [2.24, 2.45) is 0 Å². The summed E-state index contributed by atoms with van der Waals surface area (Å²) in [5.74, 6) is -0.698. The molecule has 8 heteroatoms. The van der Waals surface area contributed by atoms with Crippen LogP contribution in [0.15, 0.2) is 53.7 Å². The molecule has 0 saturated carbocycles. The maximum atomic E-state index is 14.7. The molecule has 0 N–H and O–H groups in total. The fourth-order valence-electron chi connectivity index (χ4n) is 3.73. The van der Waals surface area contributed by atoms with E-state index in [0.717, 1.165) is 50.4 Å². The van der Waals surface area contributed by atoms with Crippen LogP contribution in [0.3, 0.4) is 0 Å². The maximum Gasteiger partial charge on any atom is 0.233 e. The Morgan fingerprint density at radius 3 is 2.35 bits per heavy atom. The zero-order valence-electron chi connectivity index (χ0n) is 17.1. The molecular formula is C23H24F2N4OS. The summed E-state index contributed by atoms with van der Waals surface area (Å²) < 4.78 is 29.7. The summed E-state index contributed by atoms with van der Waals surface area (Å²) in [5, 5.41) is 8.87. The van der Waals surface area contributed by atoms with Crippen molar-refractivity contribution < 1.29 is 13.6 Å². The minimum absolute atomic E-state index is 0.0438. The Bertz CT molecular complexity index is 1030. The summed E-state index contributed by atoms with van der Waals surface area (Å²) in [7, 11) is 0. The van der Waals surface area contributed by atoms with Crippen LogP contribution in [0.4, 0.5) is 8.78 Å². The summed E-state index contributed by atoms with van der Waals surface area (Å²) in [6, 6.07) is 12.7. The van der Waals surface area contributed by atoms with Gasteiger partial charge in [0.25, 0.3) is 0 Å². The predicted molar refractivity (Wildman–Crippen MR) is 117 cm³/mol. The standard InChI is InChI=1S/C23H24F2N4OS/c24-18-11-12-20(19(25)15-18)29-22(17-9-5-4-6-10-17)26-27-23(29)31-16-21(30)28-13-7-2-1-3-8-14-28/h4-6,9-12,15H,1-3,7-8,13-14,16H2. The van der Waals surface area contributed by atoms with Gasteiger partial charge in [-0.25, -0.2) is 8.78 Å². The van der Waals surface area contributed by atoms with Crippen LogP contribution < -0.4 is 0 Å². The van der Waals surface area contributed by atoms with Crippen LogP contribution in [0.1, 0.15) is 32.1 Å². The van der Waals surface area contributed by atoms with Crippen molar-refractivity contribution >= 4 is 17.7 Å². The van der Waals surface area contributed by atoms with Crippen molar-refractivity contribution in [3.8, 4) is 17.1 Å². The molecule has 31 heavy (non-hydrogen) atoms. The monoisotopic (exact) mass is 442 g/mol. The number of amides is 1. The molecule has 0 atom stereocenters. The van der Waals surface area contributed by atoms with Crippen molar-refractivity contribution in [1.29, 1.82) is 0 Å². The molecule has 0 spiro atoms. The second kappa shape index (κ2) is 10.0. The number of hydrogen-bond acceptors (Lipinski definition) is 4. The number of rotatable bonds is 5. The van der Waals surface area contributed by atoms with Gasteiger partial charge in [0.15, 0.2) is 11.0 Å². The SMILES string of the molecule is O=C(CSc1nnc(-c2ccccc2)n1-c1ccc(F)cc1F)N1CCCCCCC1. The first kappa shape index (κ1) is 21.5. The van der Waals surface area contributed by atoms with E-state index >= 15 is 0 Å². The number of likely N-dealkylation sites (tertiary alicyclic amines) is 1. The van der Waals surface area contributed by atoms with Crippen molar-refractivity contribution in [2.45, 2.75) is 37.3 Å². The summed E-state index contributed by atoms with van der Waals surface area (Å²) in [6.45, 7) is 1.54. The Morgan fingerprint density at radius 2 is 1.65 bits per heavy atom. The zero-order valence-corrected chi connectivity index (χ0v) is 18.0. The number of halogens is 2. The molecule has 0 unspecified atom stereocenters. The van der Waals surface area contributed by atoms with Crippen molar-refractivity contribution in [3.63, 3.8) is 0 Å². The topological polar surface area (TPSA) is 51.0 Å². The highest BCUT2D eigenvalue weighted by Gasteiger charge is 2.21. The average molecular weight is 443 g/mol. The van der Waals surface area contributed by atoms with E-state index in [9.17, 15) is 13.6 Å². The molecule has 1 saturated heterocycles. The Balaban J connectivity index is 1.61. The van der Waals surface area contributed by atoms with Gasteiger partial charge < -0.3 is 4.90 Å². The second-order valence-corrected chi connectivity index (χ2v) is 8.48. The van der Waals surface area contributed by atoms with Crippen LogP contribution in [-0.4, -0.2) is 44.4 Å². The highest BCUT2D eigenvalue weighted by molar-refractivity contribution is 7.99. The van der Waals surface area contributed by atoms with Gasteiger partial charge in [-0.1, -0.05) is 61.4 Å². The first-order valence-electron chi connectivity index (χ1n) is 10.5. The van der Waals surface area contributed by atoms with Gasteiger partial charge in [-0.15, -0.1) is 10.2 Å². The van der Waals surface area contributed by atoms with Crippen molar-refractivity contribution in [1.82, 2.24) is 19.7 Å². The van der Waals surface area contributed by atoms with Crippen LogP contribution in [0.5, 0.6) is 0 Å². The van der Waals surface area contributed by atoms with Gasteiger partial charge in [0.05, 0.1) is 11.4 Å². The van der Waals surface area contributed by atoms with E-state index in [-0.39, 0.29) is 17.3 Å². The van der Waals surface area contributed by atoms with E-state index in [1.165, 1.54) is 30.3 Å². The van der Waals surface area contributed by atoms with Gasteiger partial charge in [-0.3, -0.25) is 9.36 Å². The largest absolute Gasteiger partial charge is 0.342 e. The number of thioether (sulfide) groups is 1. The molecule has 5 nitrogen and oxygen atoms in total.